The highest BCUT2D eigenvalue weighted by atomic mass is 79.9. The molecule has 1 fully saturated rings. The number of rotatable bonds is 6. The molecule has 0 saturated heterocycles. The molecular weight excluding hydrogens is 292 g/mol. The largest absolute Gasteiger partial charge is 0.367 e. The van der Waals surface area contributed by atoms with E-state index in [1.54, 1.807) is 0 Å². The minimum Gasteiger partial charge on any atom is -0.367 e. The van der Waals surface area contributed by atoms with Crippen LogP contribution >= 0.6 is 15.9 Å². The molecule has 1 saturated carbocycles. The molecule has 4 nitrogen and oxygen atoms in total. The van der Waals surface area contributed by atoms with Gasteiger partial charge in [-0.1, -0.05) is 0 Å². The summed E-state index contributed by atoms with van der Waals surface area (Å²) in [5.74, 6) is 2.50. The minimum absolute atomic E-state index is 0.418. The predicted molar refractivity (Wildman–Crippen MR) is 78.0 cm³/mol. The molecule has 100 valence electrons. The maximum Gasteiger partial charge on any atom is 0.135 e. The van der Waals surface area contributed by atoms with Crippen molar-refractivity contribution >= 4 is 21.7 Å². The summed E-state index contributed by atoms with van der Waals surface area (Å²) < 4.78 is 0.877. The molecule has 0 aliphatic heterocycles. The number of hydrogen-bond donors (Lipinski definition) is 1. The first kappa shape index (κ1) is 13.7. The minimum atomic E-state index is 0.418. The van der Waals surface area contributed by atoms with Crippen molar-refractivity contribution in [3.8, 4) is 0 Å². The summed E-state index contributed by atoms with van der Waals surface area (Å²) in [6, 6.07) is 2.37. The molecular formula is C13H21BrN4. The van der Waals surface area contributed by atoms with Gasteiger partial charge in [-0.3, -0.25) is 0 Å². The van der Waals surface area contributed by atoms with E-state index in [1.165, 1.54) is 12.8 Å². The van der Waals surface area contributed by atoms with E-state index in [0.717, 1.165) is 29.2 Å². The summed E-state index contributed by atoms with van der Waals surface area (Å²) in [5.41, 5.74) is 0. The number of hydrogen-bond acceptors (Lipinski definition) is 4. The van der Waals surface area contributed by atoms with Crippen LogP contribution in [-0.4, -0.2) is 41.5 Å². The molecule has 0 radical (unpaired) electrons. The third-order valence-electron chi connectivity index (χ3n) is 3.06. The Bertz CT molecular complexity index is 404. The summed E-state index contributed by atoms with van der Waals surface area (Å²) in [7, 11) is 4.19. The van der Waals surface area contributed by atoms with E-state index in [2.05, 4.69) is 57.1 Å². The maximum absolute atomic E-state index is 4.60. The standard InChI is InChI=1S/C13H21BrN4/c1-9(6-7-18(2)3)15-12-8-11(14)16-13(17-12)10-4-5-10/h8-10H,4-7H2,1-3H3,(H,15,16,17). The predicted octanol–water partition coefficient (Wildman–Crippen LogP) is 2.87. The Morgan fingerprint density at radius 3 is 2.78 bits per heavy atom. The maximum atomic E-state index is 4.60. The second kappa shape index (κ2) is 5.97. The lowest BCUT2D eigenvalue weighted by atomic mass is 10.2. The molecule has 2 rings (SSSR count). The van der Waals surface area contributed by atoms with E-state index in [0.29, 0.717) is 12.0 Å². The van der Waals surface area contributed by atoms with Gasteiger partial charge in [-0.15, -0.1) is 0 Å². The van der Waals surface area contributed by atoms with Crippen molar-refractivity contribution in [3.05, 3.63) is 16.5 Å². The fourth-order valence-electron chi connectivity index (χ4n) is 1.81. The van der Waals surface area contributed by atoms with Crippen LogP contribution in [0, 0.1) is 0 Å². The third kappa shape index (κ3) is 4.21. The molecule has 1 aliphatic carbocycles. The Hall–Kier alpha value is -0.680. The Kier molecular flexibility index (Phi) is 4.56. The lowest BCUT2D eigenvalue weighted by molar-refractivity contribution is 0.390. The molecule has 1 N–H and O–H groups in total. The van der Waals surface area contributed by atoms with Gasteiger partial charge in [0, 0.05) is 18.0 Å². The molecule has 0 spiro atoms. The number of halogens is 1. The smallest absolute Gasteiger partial charge is 0.135 e. The van der Waals surface area contributed by atoms with Crippen LogP contribution < -0.4 is 5.32 Å². The first-order valence-corrected chi connectivity index (χ1v) is 7.29. The van der Waals surface area contributed by atoms with E-state index < -0.39 is 0 Å². The molecule has 1 aliphatic rings. The summed E-state index contributed by atoms with van der Waals surface area (Å²) >= 11 is 3.46. The summed E-state index contributed by atoms with van der Waals surface area (Å²) in [6.45, 7) is 3.27. The van der Waals surface area contributed by atoms with Crippen molar-refractivity contribution in [2.45, 2.75) is 38.1 Å². The van der Waals surface area contributed by atoms with Crippen molar-refractivity contribution in [2.75, 3.05) is 26.0 Å². The summed E-state index contributed by atoms with van der Waals surface area (Å²) in [4.78, 5) is 11.2. The van der Waals surface area contributed by atoms with Gasteiger partial charge in [0.2, 0.25) is 0 Å². The van der Waals surface area contributed by atoms with Gasteiger partial charge in [0.25, 0.3) is 0 Å². The summed E-state index contributed by atoms with van der Waals surface area (Å²) in [6.07, 6.45) is 3.56. The molecule has 1 heterocycles. The molecule has 0 aromatic carbocycles. The van der Waals surface area contributed by atoms with Crippen molar-refractivity contribution in [1.29, 1.82) is 0 Å². The number of anilines is 1. The normalized spacial score (nSPS) is 16.9. The first-order chi connectivity index (χ1) is 8.54. The molecule has 1 aromatic heterocycles. The summed E-state index contributed by atoms with van der Waals surface area (Å²) in [5, 5.41) is 3.45. The molecule has 1 aromatic rings. The Morgan fingerprint density at radius 2 is 2.17 bits per heavy atom. The topological polar surface area (TPSA) is 41.0 Å². The quantitative estimate of drug-likeness (QED) is 0.820. The Balaban J connectivity index is 1.95. The number of nitrogens with zero attached hydrogens (tertiary/aromatic N) is 3. The van der Waals surface area contributed by atoms with Crippen LogP contribution in [0.4, 0.5) is 5.82 Å². The van der Waals surface area contributed by atoms with Gasteiger partial charge in [0.05, 0.1) is 0 Å². The monoisotopic (exact) mass is 312 g/mol. The lowest BCUT2D eigenvalue weighted by Gasteiger charge is -2.17. The Morgan fingerprint density at radius 1 is 1.44 bits per heavy atom. The molecule has 0 bridgehead atoms. The van der Waals surface area contributed by atoms with Gasteiger partial charge >= 0.3 is 0 Å². The fraction of sp³-hybridized carbons (Fsp3) is 0.692. The second-order valence-electron chi connectivity index (χ2n) is 5.35. The van der Waals surface area contributed by atoms with Crippen LogP contribution in [0.25, 0.3) is 0 Å². The highest BCUT2D eigenvalue weighted by Gasteiger charge is 2.27. The van der Waals surface area contributed by atoms with Gasteiger partial charge in [-0.05, 0) is 62.8 Å². The van der Waals surface area contributed by atoms with Gasteiger partial charge < -0.3 is 10.2 Å². The number of aromatic nitrogens is 2. The Labute approximate surface area is 117 Å². The van der Waals surface area contributed by atoms with E-state index in [9.17, 15) is 0 Å². The lowest BCUT2D eigenvalue weighted by Crippen LogP contribution is -2.23. The molecule has 1 unspecified atom stereocenters. The van der Waals surface area contributed by atoms with Crippen LogP contribution in [0.1, 0.15) is 37.9 Å². The van der Waals surface area contributed by atoms with E-state index >= 15 is 0 Å². The van der Waals surface area contributed by atoms with E-state index in [-0.39, 0.29) is 0 Å². The van der Waals surface area contributed by atoms with Crippen molar-refractivity contribution in [3.63, 3.8) is 0 Å². The molecule has 0 amide bonds. The molecule has 18 heavy (non-hydrogen) atoms. The van der Waals surface area contributed by atoms with Crippen molar-refractivity contribution in [2.24, 2.45) is 0 Å². The van der Waals surface area contributed by atoms with E-state index in [4.69, 9.17) is 0 Å². The molecule has 1 atom stereocenters. The zero-order valence-electron chi connectivity index (χ0n) is 11.3. The second-order valence-corrected chi connectivity index (χ2v) is 6.16. The van der Waals surface area contributed by atoms with Gasteiger partial charge in [-0.25, -0.2) is 9.97 Å². The first-order valence-electron chi connectivity index (χ1n) is 6.50. The van der Waals surface area contributed by atoms with Crippen LogP contribution in [-0.2, 0) is 0 Å². The van der Waals surface area contributed by atoms with Crippen LogP contribution in [0.2, 0.25) is 0 Å². The van der Waals surface area contributed by atoms with Gasteiger partial charge in [0.1, 0.15) is 16.2 Å². The van der Waals surface area contributed by atoms with E-state index in [1.807, 2.05) is 6.07 Å². The number of nitrogens with one attached hydrogen (secondary N) is 1. The zero-order chi connectivity index (χ0) is 13.1. The van der Waals surface area contributed by atoms with Crippen molar-refractivity contribution in [1.82, 2.24) is 14.9 Å². The highest BCUT2D eigenvalue weighted by Crippen LogP contribution is 2.38. The van der Waals surface area contributed by atoms with Crippen LogP contribution in [0.3, 0.4) is 0 Å². The van der Waals surface area contributed by atoms with Gasteiger partial charge in [-0.2, -0.15) is 0 Å². The fourth-order valence-corrected chi connectivity index (χ4v) is 2.21. The third-order valence-corrected chi connectivity index (χ3v) is 3.46. The van der Waals surface area contributed by atoms with Gasteiger partial charge in [0.15, 0.2) is 0 Å². The average molecular weight is 313 g/mol. The average Bonchev–Trinajstić information content (AvgIpc) is 3.09. The highest BCUT2D eigenvalue weighted by molar-refractivity contribution is 9.10. The molecule has 5 heteroatoms. The van der Waals surface area contributed by atoms with Crippen molar-refractivity contribution < 1.29 is 0 Å². The SMILES string of the molecule is CC(CCN(C)C)Nc1cc(Br)nc(C2CC2)n1. The van der Waals surface area contributed by atoms with Crippen LogP contribution in [0.15, 0.2) is 10.7 Å². The zero-order valence-corrected chi connectivity index (χ0v) is 12.9. The van der Waals surface area contributed by atoms with Crippen LogP contribution in [0.5, 0.6) is 0 Å².